The van der Waals surface area contributed by atoms with Crippen LogP contribution < -0.4 is 5.32 Å². The van der Waals surface area contributed by atoms with E-state index in [-0.39, 0.29) is 5.91 Å². The van der Waals surface area contributed by atoms with Gasteiger partial charge in [-0.05, 0) is 56.1 Å². The molecule has 2 aromatic carbocycles. The van der Waals surface area contributed by atoms with Gasteiger partial charge in [0.25, 0.3) is 0 Å². The van der Waals surface area contributed by atoms with Crippen LogP contribution in [0.3, 0.4) is 0 Å². The fourth-order valence-electron chi connectivity index (χ4n) is 1.97. The van der Waals surface area contributed by atoms with Crippen molar-refractivity contribution >= 4 is 35.3 Å². The van der Waals surface area contributed by atoms with Crippen molar-refractivity contribution in [3.63, 3.8) is 0 Å². The molecule has 0 spiro atoms. The maximum absolute atomic E-state index is 11.9. The lowest BCUT2D eigenvalue weighted by molar-refractivity contribution is -0.116. The van der Waals surface area contributed by atoms with Crippen molar-refractivity contribution in [3.05, 3.63) is 65.2 Å². The van der Waals surface area contributed by atoms with Crippen LogP contribution in [0.2, 0.25) is 5.02 Å². The molecule has 0 heterocycles. The van der Waals surface area contributed by atoms with E-state index in [0.717, 1.165) is 26.9 Å². The zero-order valence-electron chi connectivity index (χ0n) is 13.8. The number of carbonyl (C=O) groups is 1. The van der Waals surface area contributed by atoms with Crippen LogP contribution in [-0.2, 0) is 4.79 Å². The molecule has 0 saturated heterocycles. The van der Waals surface area contributed by atoms with Crippen molar-refractivity contribution in [2.24, 2.45) is 0 Å². The number of nitrogens with zero attached hydrogens (tertiary/aromatic N) is 1. The van der Waals surface area contributed by atoms with Gasteiger partial charge in [-0.2, -0.15) is 0 Å². The number of amides is 1. The summed E-state index contributed by atoms with van der Waals surface area (Å²) >= 11 is 7.57. The Hall–Kier alpha value is -1.75. The van der Waals surface area contributed by atoms with E-state index in [2.05, 4.69) is 5.32 Å². The van der Waals surface area contributed by atoms with Gasteiger partial charge in [0.2, 0.25) is 5.91 Å². The maximum Gasteiger partial charge on any atom is 0.244 e. The van der Waals surface area contributed by atoms with E-state index in [1.54, 1.807) is 17.8 Å². The second-order valence-corrected chi connectivity index (χ2v) is 7.07. The highest BCUT2D eigenvalue weighted by molar-refractivity contribution is 7.99. The summed E-state index contributed by atoms with van der Waals surface area (Å²) in [4.78, 5) is 16.1. The number of hydrogen-bond donors (Lipinski definition) is 1. The van der Waals surface area contributed by atoms with E-state index in [0.29, 0.717) is 6.54 Å². The second kappa shape index (κ2) is 9.52. The summed E-state index contributed by atoms with van der Waals surface area (Å²) in [5.41, 5.74) is 1.01. The van der Waals surface area contributed by atoms with E-state index in [9.17, 15) is 4.79 Å². The molecular formula is C19H21ClN2OS. The number of hydrogen-bond acceptors (Lipinski definition) is 3. The summed E-state index contributed by atoms with van der Waals surface area (Å²) in [6.07, 6.45) is 3.43. The van der Waals surface area contributed by atoms with E-state index in [1.165, 1.54) is 0 Å². The van der Waals surface area contributed by atoms with Gasteiger partial charge in [-0.1, -0.05) is 41.6 Å². The number of nitrogens with one attached hydrogen (secondary N) is 1. The van der Waals surface area contributed by atoms with Crippen molar-refractivity contribution in [1.82, 2.24) is 10.2 Å². The Labute approximate surface area is 152 Å². The molecule has 5 heteroatoms. The topological polar surface area (TPSA) is 32.3 Å². The van der Waals surface area contributed by atoms with Gasteiger partial charge in [0.1, 0.15) is 0 Å². The van der Waals surface area contributed by atoms with Crippen LogP contribution >= 0.6 is 23.4 Å². The van der Waals surface area contributed by atoms with Gasteiger partial charge in [0.05, 0.1) is 0 Å². The Bertz CT molecular complexity index is 699. The number of benzene rings is 2. The number of likely N-dealkylation sites (N-methyl/N-ethyl adjacent to an activating group) is 1. The molecule has 0 aromatic heterocycles. The fourth-order valence-corrected chi connectivity index (χ4v) is 3.02. The first-order valence-corrected chi connectivity index (χ1v) is 8.87. The minimum absolute atomic E-state index is 0.0804. The second-order valence-electron chi connectivity index (χ2n) is 5.52. The summed E-state index contributed by atoms with van der Waals surface area (Å²) in [5, 5.41) is 3.59. The highest BCUT2D eigenvalue weighted by Gasteiger charge is 2.03. The average Bonchev–Trinajstić information content (AvgIpc) is 2.56. The van der Waals surface area contributed by atoms with Gasteiger partial charge >= 0.3 is 0 Å². The van der Waals surface area contributed by atoms with Crippen LogP contribution in [0, 0.1) is 0 Å². The first-order valence-electron chi connectivity index (χ1n) is 7.67. The normalized spacial score (nSPS) is 11.2. The third-order valence-electron chi connectivity index (χ3n) is 3.23. The molecule has 3 nitrogen and oxygen atoms in total. The third-order valence-corrected chi connectivity index (χ3v) is 4.58. The van der Waals surface area contributed by atoms with Gasteiger partial charge in [-0.15, -0.1) is 0 Å². The Morgan fingerprint density at radius 2 is 1.88 bits per heavy atom. The quantitative estimate of drug-likeness (QED) is 0.752. The minimum Gasteiger partial charge on any atom is -0.351 e. The van der Waals surface area contributed by atoms with Crippen molar-refractivity contribution < 1.29 is 4.79 Å². The van der Waals surface area contributed by atoms with Crippen molar-refractivity contribution in [3.8, 4) is 0 Å². The Morgan fingerprint density at radius 1 is 1.17 bits per heavy atom. The summed E-state index contributed by atoms with van der Waals surface area (Å²) in [6.45, 7) is 1.46. The van der Waals surface area contributed by atoms with Crippen molar-refractivity contribution in [2.45, 2.75) is 9.79 Å². The van der Waals surface area contributed by atoms with Crippen LogP contribution in [-0.4, -0.2) is 38.0 Å². The van der Waals surface area contributed by atoms with Crippen LogP contribution in [0.25, 0.3) is 6.08 Å². The van der Waals surface area contributed by atoms with Crippen LogP contribution in [0.1, 0.15) is 5.56 Å². The molecule has 0 aliphatic rings. The molecule has 0 fully saturated rings. The monoisotopic (exact) mass is 360 g/mol. The fraction of sp³-hybridized carbons (Fsp3) is 0.211. The highest BCUT2D eigenvalue weighted by atomic mass is 35.5. The van der Waals surface area contributed by atoms with Gasteiger partial charge in [0, 0.05) is 34.0 Å². The summed E-state index contributed by atoms with van der Waals surface area (Å²) in [6, 6.07) is 15.7. The Morgan fingerprint density at radius 3 is 2.58 bits per heavy atom. The summed E-state index contributed by atoms with van der Waals surface area (Å²) in [5.74, 6) is -0.0804. The molecular weight excluding hydrogens is 340 g/mol. The number of carbonyl (C=O) groups excluding carboxylic acids is 1. The number of rotatable bonds is 7. The molecule has 2 rings (SSSR count). The summed E-state index contributed by atoms with van der Waals surface area (Å²) in [7, 11) is 3.96. The first-order chi connectivity index (χ1) is 11.5. The smallest absolute Gasteiger partial charge is 0.244 e. The van der Waals surface area contributed by atoms with E-state index >= 15 is 0 Å². The van der Waals surface area contributed by atoms with Crippen molar-refractivity contribution in [2.75, 3.05) is 27.2 Å². The van der Waals surface area contributed by atoms with Gasteiger partial charge in [-0.25, -0.2) is 0 Å². The molecule has 0 atom stereocenters. The van der Waals surface area contributed by atoms with E-state index in [4.69, 9.17) is 11.6 Å². The largest absolute Gasteiger partial charge is 0.351 e. The summed E-state index contributed by atoms with van der Waals surface area (Å²) < 4.78 is 0. The molecule has 0 unspecified atom stereocenters. The maximum atomic E-state index is 11.9. The van der Waals surface area contributed by atoms with Gasteiger partial charge in [-0.3, -0.25) is 4.79 Å². The standard InChI is InChI=1S/C19H21ClN2OS/c1-22(2)14-13-21-19(23)12-7-15-5-3-4-6-18(15)24-17-10-8-16(20)9-11-17/h3-12H,13-14H2,1-2H3,(H,21,23)/b12-7-. The highest BCUT2D eigenvalue weighted by Crippen LogP contribution is 2.31. The SMILES string of the molecule is CN(C)CCNC(=O)/C=C\c1ccccc1Sc1ccc(Cl)cc1. The minimum atomic E-state index is -0.0804. The van der Waals surface area contributed by atoms with Crippen LogP contribution in [0.4, 0.5) is 0 Å². The predicted octanol–water partition coefficient (Wildman–Crippen LogP) is 4.18. The van der Waals surface area contributed by atoms with E-state index < -0.39 is 0 Å². The molecule has 0 bridgehead atoms. The molecule has 2 aromatic rings. The lowest BCUT2D eigenvalue weighted by Gasteiger charge is -2.09. The molecule has 24 heavy (non-hydrogen) atoms. The third kappa shape index (κ3) is 6.40. The molecule has 126 valence electrons. The zero-order chi connectivity index (χ0) is 17.4. The van der Waals surface area contributed by atoms with E-state index in [1.807, 2.05) is 73.6 Å². The lowest BCUT2D eigenvalue weighted by Crippen LogP contribution is -2.30. The predicted molar refractivity (Wildman–Crippen MR) is 103 cm³/mol. The Balaban J connectivity index is 2.01. The Kier molecular flexibility index (Phi) is 7.37. The van der Waals surface area contributed by atoms with Crippen LogP contribution in [0.15, 0.2) is 64.4 Å². The number of halogens is 1. The van der Waals surface area contributed by atoms with Gasteiger partial charge in [0.15, 0.2) is 0 Å². The average molecular weight is 361 g/mol. The molecule has 1 N–H and O–H groups in total. The lowest BCUT2D eigenvalue weighted by atomic mass is 10.2. The zero-order valence-corrected chi connectivity index (χ0v) is 15.4. The molecule has 0 aliphatic carbocycles. The first kappa shape index (κ1) is 18.6. The van der Waals surface area contributed by atoms with Crippen LogP contribution in [0.5, 0.6) is 0 Å². The molecule has 1 amide bonds. The molecule has 0 aliphatic heterocycles. The molecule has 0 radical (unpaired) electrons. The van der Waals surface area contributed by atoms with Crippen molar-refractivity contribution in [1.29, 1.82) is 0 Å². The van der Waals surface area contributed by atoms with Gasteiger partial charge < -0.3 is 10.2 Å². The molecule has 0 saturated carbocycles.